The highest BCUT2D eigenvalue weighted by Gasteiger charge is 2.31. The van der Waals surface area contributed by atoms with Gasteiger partial charge in [0.05, 0.1) is 46.1 Å². The summed E-state index contributed by atoms with van der Waals surface area (Å²) in [7, 11) is 0. The van der Waals surface area contributed by atoms with Crippen LogP contribution in [0.2, 0.25) is 0 Å². The SMILES string of the molecule is O=CCOCCOCCNC(=O)COCCOCCNC(=O)C[C@H](NC(=O)C1CCN(C(=O)CCCCCCCCCCCCCCCCCCC(=O)O)CC1)C(=O)O. The molecule has 0 aliphatic carbocycles. The second-order valence-electron chi connectivity index (χ2n) is 15.0. The molecule has 1 saturated heterocycles. The van der Waals surface area contributed by atoms with Crippen LogP contribution in [0.15, 0.2) is 0 Å². The van der Waals surface area contributed by atoms with E-state index < -0.39 is 42.1 Å². The van der Waals surface area contributed by atoms with Crippen molar-refractivity contribution < 1.29 is 62.7 Å². The molecule has 4 amide bonds. The van der Waals surface area contributed by atoms with Gasteiger partial charge < -0.3 is 54.8 Å². The smallest absolute Gasteiger partial charge is 0.326 e. The molecule has 1 fully saturated rings. The fraction of sp³-hybridized carbons (Fsp3) is 0.833. The van der Waals surface area contributed by atoms with Crippen LogP contribution in [0.4, 0.5) is 0 Å². The van der Waals surface area contributed by atoms with E-state index in [1.54, 1.807) is 4.90 Å². The fourth-order valence-corrected chi connectivity index (χ4v) is 6.64. The van der Waals surface area contributed by atoms with Gasteiger partial charge in [-0.3, -0.25) is 24.0 Å². The van der Waals surface area contributed by atoms with Crippen molar-refractivity contribution >= 4 is 41.9 Å². The average Bonchev–Trinajstić information content (AvgIpc) is 3.21. The van der Waals surface area contributed by atoms with Crippen LogP contribution in [0.5, 0.6) is 0 Å². The Morgan fingerprint density at radius 1 is 0.593 bits per heavy atom. The van der Waals surface area contributed by atoms with Gasteiger partial charge in [0.1, 0.15) is 25.5 Å². The van der Waals surface area contributed by atoms with Crippen LogP contribution >= 0.6 is 0 Å². The number of aliphatic carboxylic acids is 2. The van der Waals surface area contributed by atoms with E-state index in [1.165, 1.54) is 64.2 Å². The van der Waals surface area contributed by atoms with Crippen LogP contribution in [-0.2, 0) is 52.5 Å². The number of ether oxygens (including phenoxy) is 4. The monoisotopic (exact) mass is 843 g/mol. The molecule has 0 radical (unpaired) electrons. The first-order valence-corrected chi connectivity index (χ1v) is 21.9. The molecule has 0 aromatic carbocycles. The van der Waals surface area contributed by atoms with Crippen LogP contribution in [0.3, 0.4) is 0 Å². The third-order valence-corrected chi connectivity index (χ3v) is 10.1. The maximum absolute atomic E-state index is 12.9. The molecular weight excluding hydrogens is 768 g/mol. The van der Waals surface area contributed by atoms with Crippen LogP contribution < -0.4 is 16.0 Å². The summed E-state index contributed by atoms with van der Waals surface area (Å²) in [6.07, 6.45) is 20.4. The highest BCUT2D eigenvalue weighted by Crippen LogP contribution is 2.20. The van der Waals surface area contributed by atoms with E-state index in [0.717, 1.165) is 38.5 Å². The topological polar surface area (TPSA) is 236 Å². The number of likely N-dealkylation sites (tertiary alicyclic amines) is 1. The van der Waals surface area contributed by atoms with Crippen molar-refractivity contribution in [2.24, 2.45) is 5.92 Å². The average molecular weight is 843 g/mol. The number of amides is 4. The predicted molar refractivity (Wildman–Crippen MR) is 220 cm³/mol. The normalized spacial score (nSPS) is 13.5. The molecule has 1 rings (SSSR count). The molecule has 1 aliphatic heterocycles. The van der Waals surface area contributed by atoms with Gasteiger partial charge in [0.25, 0.3) is 0 Å². The van der Waals surface area contributed by atoms with Gasteiger partial charge in [0.2, 0.25) is 23.6 Å². The maximum atomic E-state index is 12.9. The first-order valence-electron chi connectivity index (χ1n) is 21.9. The molecule has 1 aliphatic rings. The number of unbranched alkanes of at least 4 members (excludes halogenated alkanes) is 15. The van der Waals surface area contributed by atoms with Gasteiger partial charge in [-0.2, -0.15) is 0 Å². The zero-order chi connectivity index (χ0) is 43.2. The summed E-state index contributed by atoms with van der Waals surface area (Å²) in [6, 6.07) is -1.38. The minimum Gasteiger partial charge on any atom is -0.481 e. The summed E-state index contributed by atoms with van der Waals surface area (Å²) in [4.78, 5) is 84.0. The summed E-state index contributed by atoms with van der Waals surface area (Å²) >= 11 is 0. The van der Waals surface area contributed by atoms with E-state index in [1.807, 2.05) is 0 Å². The molecule has 0 aromatic heterocycles. The van der Waals surface area contributed by atoms with Gasteiger partial charge in [-0.25, -0.2) is 4.79 Å². The summed E-state index contributed by atoms with van der Waals surface area (Å²) in [5.41, 5.74) is 0. The molecule has 1 atom stereocenters. The van der Waals surface area contributed by atoms with Crippen molar-refractivity contribution in [3.8, 4) is 0 Å². The third kappa shape index (κ3) is 31.9. The minimum atomic E-state index is -1.38. The van der Waals surface area contributed by atoms with Gasteiger partial charge in [0, 0.05) is 44.9 Å². The van der Waals surface area contributed by atoms with Crippen LogP contribution in [0, 0.1) is 5.92 Å². The molecule has 0 bridgehead atoms. The first kappa shape index (κ1) is 53.3. The Kier molecular flexibility index (Phi) is 33.8. The number of piperidine rings is 1. The number of nitrogens with zero attached hydrogens (tertiary/aromatic N) is 1. The molecule has 0 aromatic rings. The van der Waals surface area contributed by atoms with Crippen molar-refractivity contribution in [3.63, 3.8) is 0 Å². The number of aldehydes is 1. The Morgan fingerprint density at radius 3 is 1.54 bits per heavy atom. The maximum Gasteiger partial charge on any atom is 0.326 e. The Labute approximate surface area is 350 Å². The number of carboxylic acid groups (broad SMARTS) is 2. The lowest BCUT2D eigenvalue weighted by molar-refractivity contribution is -0.144. The first-order chi connectivity index (χ1) is 28.6. The summed E-state index contributed by atoms with van der Waals surface area (Å²) < 4.78 is 20.8. The second kappa shape index (κ2) is 37.3. The Hall–Kier alpha value is -3.67. The number of carbonyl (C=O) groups is 7. The number of hydrogen-bond acceptors (Lipinski definition) is 11. The lowest BCUT2D eigenvalue weighted by Crippen LogP contribution is -2.49. The lowest BCUT2D eigenvalue weighted by Gasteiger charge is -2.32. The molecule has 17 nitrogen and oxygen atoms in total. The fourth-order valence-electron chi connectivity index (χ4n) is 6.64. The Balaban J connectivity index is 2.03. The van der Waals surface area contributed by atoms with E-state index in [-0.39, 0.29) is 57.8 Å². The quantitative estimate of drug-likeness (QED) is 0.0437. The molecule has 17 heteroatoms. The number of nitrogens with one attached hydrogen (secondary N) is 3. The van der Waals surface area contributed by atoms with E-state index >= 15 is 0 Å². The molecule has 1 heterocycles. The van der Waals surface area contributed by atoms with E-state index in [2.05, 4.69) is 16.0 Å². The largest absolute Gasteiger partial charge is 0.481 e. The van der Waals surface area contributed by atoms with Crippen molar-refractivity contribution in [1.82, 2.24) is 20.9 Å². The molecule has 340 valence electrons. The lowest BCUT2D eigenvalue weighted by atomic mass is 9.95. The van der Waals surface area contributed by atoms with E-state index in [0.29, 0.717) is 65.0 Å². The minimum absolute atomic E-state index is 0.0194. The zero-order valence-corrected chi connectivity index (χ0v) is 35.4. The van der Waals surface area contributed by atoms with Crippen LogP contribution in [-0.4, -0.2) is 142 Å². The number of carboxylic acids is 2. The van der Waals surface area contributed by atoms with Gasteiger partial charge >= 0.3 is 11.9 Å². The molecule has 0 saturated carbocycles. The zero-order valence-electron chi connectivity index (χ0n) is 35.4. The van der Waals surface area contributed by atoms with Crippen molar-refractivity contribution in [2.45, 2.75) is 141 Å². The molecule has 0 spiro atoms. The highest BCUT2D eigenvalue weighted by atomic mass is 16.5. The standard InChI is InChI=1S/C42H74N4O13/c47-25-28-58-30-29-56-27-22-44-38(49)34-59-32-31-57-26-21-43-37(48)33-36(42(54)55)45-41(53)35-19-23-46(24-20-35)39(50)17-15-13-11-9-7-5-3-1-2-4-6-8-10-12-14-16-18-40(51)52/h25,35-36H,1-24,26-34H2,(H,43,48)(H,44,49)(H,45,53)(H,51,52)(H,54,55)/t36-/m0/s1. The highest BCUT2D eigenvalue weighted by molar-refractivity contribution is 5.89. The number of carbonyl (C=O) groups excluding carboxylic acids is 5. The predicted octanol–water partition coefficient (Wildman–Crippen LogP) is 3.79. The van der Waals surface area contributed by atoms with Crippen molar-refractivity contribution in [2.75, 3.05) is 79.0 Å². The summed E-state index contributed by atoms with van der Waals surface area (Å²) in [5.74, 6) is -3.65. The van der Waals surface area contributed by atoms with Gasteiger partial charge in [-0.1, -0.05) is 89.9 Å². The van der Waals surface area contributed by atoms with Crippen LogP contribution in [0.25, 0.3) is 0 Å². The van der Waals surface area contributed by atoms with Gasteiger partial charge in [-0.05, 0) is 25.7 Å². The number of hydrogen-bond donors (Lipinski definition) is 5. The Bertz CT molecular complexity index is 1170. The Morgan fingerprint density at radius 2 is 1.05 bits per heavy atom. The third-order valence-electron chi connectivity index (χ3n) is 10.1. The number of rotatable bonds is 40. The van der Waals surface area contributed by atoms with E-state index in [9.17, 15) is 38.7 Å². The van der Waals surface area contributed by atoms with Crippen molar-refractivity contribution in [1.29, 1.82) is 0 Å². The molecular formula is C42H74N4O13. The summed E-state index contributed by atoms with van der Waals surface area (Å²) in [5, 5.41) is 26.0. The van der Waals surface area contributed by atoms with Crippen molar-refractivity contribution in [3.05, 3.63) is 0 Å². The second-order valence-corrected chi connectivity index (χ2v) is 15.0. The molecule has 5 N–H and O–H groups in total. The molecule has 59 heavy (non-hydrogen) atoms. The summed E-state index contributed by atoms with van der Waals surface area (Å²) in [6.45, 7) is 2.54. The van der Waals surface area contributed by atoms with E-state index in [4.69, 9.17) is 24.1 Å². The van der Waals surface area contributed by atoms with Crippen LogP contribution in [0.1, 0.15) is 135 Å². The van der Waals surface area contributed by atoms with Gasteiger partial charge in [0.15, 0.2) is 0 Å². The molecule has 0 unspecified atom stereocenters. The van der Waals surface area contributed by atoms with Gasteiger partial charge in [-0.15, -0.1) is 0 Å².